The van der Waals surface area contributed by atoms with Crippen LogP contribution >= 0.6 is 23.5 Å². The number of amides is 3. The number of aryl methyl sites for hydroxylation is 1. The number of halogens is 4. The molecule has 1 N–H and O–H groups in total. The van der Waals surface area contributed by atoms with Gasteiger partial charge < -0.3 is 10.1 Å². The van der Waals surface area contributed by atoms with Crippen molar-refractivity contribution in [3.8, 4) is 17.1 Å². The zero-order chi connectivity index (χ0) is 31.4. The van der Waals surface area contributed by atoms with E-state index in [1.54, 1.807) is 0 Å². The van der Waals surface area contributed by atoms with Crippen LogP contribution in [0, 0.1) is 12.7 Å². The standard InChI is InChI=1S/C29H24F4N6O3S2/c1-3-42-14-19-5-4-17(2)12-24(19)39-25(40)15-43-28(39)36-27(41)35-23-11-6-18(13-22(23)30)26-34-16-38(37-26)20-7-9-21(10-8-20)44-29(31,32)33/h4-13,16H,3,14-15H2,1-2H3,(H,35,41)/b36-28-. The molecule has 2 heterocycles. The Morgan fingerprint density at radius 3 is 2.61 bits per heavy atom. The van der Waals surface area contributed by atoms with Gasteiger partial charge in [0.25, 0.3) is 0 Å². The Bertz CT molecular complexity index is 1730. The molecule has 0 aliphatic carbocycles. The lowest BCUT2D eigenvalue weighted by Crippen LogP contribution is -2.31. The zero-order valence-electron chi connectivity index (χ0n) is 23.3. The van der Waals surface area contributed by atoms with Crippen LogP contribution in [0.15, 0.2) is 76.9 Å². The number of urea groups is 1. The van der Waals surface area contributed by atoms with E-state index in [-0.39, 0.29) is 51.6 Å². The van der Waals surface area contributed by atoms with Gasteiger partial charge in [0.15, 0.2) is 11.0 Å². The topological polar surface area (TPSA) is 102 Å². The number of anilines is 2. The number of nitrogens with zero attached hydrogens (tertiary/aromatic N) is 5. The van der Waals surface area contributed by atoms with E-state index in [2.05, 4.69) is 20.4 Å². The summed E-state index contributed by atoms with van der Waals surface area (Å²) < 4.78 is 59.7. The van der Waals surface area contributed by atoms with Crippen LogP contribution in [0.2, 0.25) is 0 Å². The van der Waals surface area contributed by atoms with E-state index in [1.165, 1.54) is 52.3 Å². The minimum Gasteiger partial charge on any atom is -0.377 e. The van der Waals surface area contributed by atoms with Crippen LogP contribution in [-0.4, -0.2) is 49.7 Å². The van der Waals surface area contributed by atoms with Crippen molar-refractivity contribution in [2.75, 3.05) is 22.6 Å². The summed E-state index contributed by atoms with van der Waals surface area (Å²) in [7, 11) is 0. The van der Waals surface area contributed by atoms with E-state index < -0.39 is 17.4 Å². The summed E-state index contributed by atoms with van der Waals surface area (Å²) >= 11 is 0.876. The fourth-order valence-corrected chi connectivity index (χ4v) is 5.60. The lowest BCUT2D eigenvalue weighted by molar-refractivity contribution is -0.115. The maximum Gasteiger partial charge on any atom is 0.446 e. The number of carbonyl (C=O) groups is 2. The van der Waals surface area contributed by atoms with Crippen molar-refractivity contribution < 1.29 is 31.9 Å². The van der Waals surface area contributed by atoms with Gasteiger partial charge in [-0.25, -0.2) is 18.9 Å². The zero-order valence-corrected chi connectivity index (χ0v) is 24.9. The third-order valence-electron chi connectivity index (χ3n) is 6.20. The van der Waals surface area contributed by atoms with Crippen molar-refractivity contribution in [2.45, 2.75) is 30.9 Å². The first-order chi connectivity index (χ1) is 21.0. The smallest absolute Gasteiger partial charge is 0.377 e. The molecule has 0 atom stereocenters. The summed E-state index contributed by atoms with van der Waals surface area (Å²) in [5.74, 6) is -0.768. The van der Waals surface area contributed by atoms with Crippen LogP contribution in [0.25, 0.3) is 17.1 Å². The second-order valence-electron chi connectivity index (χ2n) is 9.36. The van der Waals surface area contributed by atoms with E-state index in [4.69, 9.17) is 4.74 Å². The Morgan fingerprint density at radius 2 is 1.91 bits per heavy atom. The molecule has 0 bridgehead atoms. The molecule has 1 aromatic heterocycles. The highest BCUT2D eigenvalue weighted by Crippen LogP contribution is 2.37. The number of carbonyl (C=O) groups excluding carboxylic acids is 2. The highest BCUT2D eigenvalue weighted by Gasteiger charge is 2.32. The molecule has 44 heavy (non-hydrogen) atoms. The lowest BCUT2D eigenvalue weighted by atomic mass is 10.1. The third-order valence-corrected chi connectivity index (χ3v) is 7.86. The normalized spacial score (nSPS) is 14.5. The SMILES string of the molecule is CCOCc1ccc(C)cc1N1C(=O)CS/C1=N\C(=O)Nc1ccc(-c2ncn(-c3ccc(SC(F)(F)F)cc3)n2)cc1F. The van der Waals surface area contributed by atoms with E-state index in [0.29, 0.717) is 23.5 Å². The van der Waals surface area contributed by atoms with Gasteiger partial charge in [0.05, 0.1) is 29.4 Å². The van der Waals surface area contributed by atoms with Gasteiger partial charge >= 0.3 is 11.5 Å². The number of aromatic nitrogens is 3. The lowest BCUT2D eigenvalue weighted by Gasteiger charge is -2.20. The monoisotopic (exact) mass is 644 g/mol. The fraction of sp³-hybridized carbons (Fsp3) is 0.207. The number of rotatable bonds is 8. The van der Waals surface area contributed by atoms with Gasteiger partial charge in [0.2, 0.25) is 5.91 Å². The molecule has 0 saturated carbocycles. The fourth-order valence-electron chi connectivity index (χ4n) is 4.20. The number of amidine groups is 1. The van der Waals surface area contributed by atoms with Gasteiger partial charge in [-0.3, -0.25) is 9.69 Å². The minimum atomic E-state index is -4.39. The van der Waals surface area contributed by atoms with E-state index in [0.717, 1.165) is 29.0 Å². The van der Waals surface area contributed by atoms with Gasteiger partial charge in [-0.2, -0.15) is 18.2 Å². The molecule has 1 saturated heterocycles. The third kappa shape index (κ3) is 7.46. The Labute approximate surface area is 257 Å². The number of ether oxygens (including phenoxy) is 1. The highest BCUT2D eigenvalue weighted by atomic mass is 32.2. The van der Waals surface area contributed by atoms with Crippen LogP contribution in [0.3, 0.4) is 0 Å². The molecule has 3 aromatic carbocycles. The van der Waals surface area contributed by atoms with Crippen LogP contribution in [0.5, 0.6) is 0 Å². The van der Waals surface area contributed by atoms with E-state index in [1.807, 2.05) is 32.0 Å². The van der Waals surface area contributed by atoms with Crippen molar-refractivity contribution in [3.05, 3.63) is 83.9 Å². The maximum atomic E-state index is 15.0. The number of thioether (sulfide) groups is 2. The molecule has 9 nitrogen and oxygen atoms in total. The second kappa shape index (κ2) is 13.2. The van der Waals surface area contributed by atoms with Crippen molar-refractivity contribution in [3.63, 3.8) is 0 Å². The Hall–Kier alpha value is -4.21. The van der Waals surface area contributed by atoms with Crippen LogP contribution in [-0.2, 0) is 16.1 Å². The van der Waals surface area contributed by atoms with Crippen LogP contribution < -0.4 is 10.2 Å². The minimum absolute atomic E-state index is 0.0266. The first-order valence-electron chi connectivity index (χ1n) is 13.1. The molecule has 0 unspecified atom stereocenters. The molecule has 0 radical (unpaired) electrons. The van der Waals surface area contributed by atoms with E-state index in [9.17, 15) is 22.8 Å². The summed E-state index contributed by atoms with van der Waals surface area (Å²) in [4.78, 5) is 35.2. The van der Waals surface area contributed by atoms with Crippen molar-refractivity contribution in [1.82, 2.24) is 14.8 Å². The quantitative estimate of drug-likeness (QED) is 0.160. The van der Waals surface area contributed by atoms with Crippen LogP contribution in [0.1, 0.15) is 18.1 Å². The molecular formula is C29H24F4N6O3S2. The number of nitrogens with one attached hydrogen (secondary N) is 1. The molecule has 0 spiro atoms. The first-order valence-corrected chi connectivity index (χ1v) is 14.9. The largest absolute Gasteiger partial charge is 0.446 e. The molecule has 228 valence electrons. The molecule has 15 heteroatoms. The van der Waals surface area contributed by atoms with E-state index >= 15 is 4.39 Å². The molecule has 4 aromatic rings. The maximum absolute atomic E-state index is 15.0. The molecule has 1 fully saturated rings. The summed E-state index contributed by atoms with van der Waals surface area (Å²) in [5, 5.41) is 6.85. The Morgan fingerprint density at radius 1 is 1.14 bits per heavy atom. The molecule has 3 amide bonds. The van der Waals surface area contributed by atoms with Crippen molar-refractivity contribution >= 4 is 52.0 Å². The Balaban J connectivity index is 1.30. The number of alkyl halides is 3. The first kappa shape index (κ1) is 31.2. The number of hydrogen-bond donors (Lipinski definition) is 1. The average Bonchev–Trinajstić information content (AvgIpc) is 3.60. The van der Waals surface area contributed by atoms with Gasteiger partial charge in [-0.1, -0.05) is 23.9 Å². The summed E-state index contributed by atoms with van der Waals surface area (Å²) in [6.45, 7) is 4.51. The summed E-state index contributed by atoms with van der Waals surface area (Å²) in [6.07, 6.45) is 1.35. The number of benzene rings is 3. The predicted octanol–water partition coefficient (Wildman–Crippen LogP) is 7.20. The molecular weight excluding hydrogens is 620 g/mol. The Kier molecular flexibility index (Phi) is 9.36. The van der Waals surface area contributed by atoms with Gasteiger partial charge in [0.1, 0.15) is 12.1 Å². The van der Waals surface area contributed by atoms with Crippen LogP contribution in [0.4, 0.5) is 33.7 Å². The molecule has 1 aliphatic rings. The summed E-state index contributed by atoms with van der Waals surface area (Å²) in [6, 6.07) is 14.2. The molecule has 1 aliphatic heterocycles. The number of hydrogen-bond acceptors (Lipinski definition) is 7. The van der Waals surface area contributed by atoms with Gasteiger partial charge in [-0.15, -0.1) is 5.10 Å². The van der Waals surface area contributed by atoms with Gasteiger partial charge in [-0.05, 0) is 79.7 Å². The average molecular weight is 645 g/mol. The van der Waals surface area contributed by atoms with Crippen molar-refractivity contribution in [2.24, 2.45) is 4.99 Å². The number of aliphatic imine (C=N–C) groups is 1. The van der Waals surface area contributed by atoms with Crippen molar-refractivity contribution in [1.29, 1.82) is 0 Å². The summed E-state index contributed by atoms with van der Waals surface area (Å²) in [5.41, 5.74) is -1.53. The molecule has 5 rings (SSSR count). The highest BCUT2D eigenvalue weighted by molar-refractivity contribution is 8.15. The van der Waals surface area contributed by atoms with Gasteiger partial charge in [0, 0.05) is 22.6 Å². The second-order valence-corrected chi connectivity index (χ2v) is 11.4. The predicted molar refractivity (Wildman–Crippen MR) is 162 cm³/mol.